The van der Waals surface area contributed by atoms with Crippen LogP contribution in [0.3, 0.4) is 0 Å². The SMILES string of the molecule is O=C1CCN1c1ccccc1I. The van der Waals surface area contributed by atoms with Gasteiger partial charge in [0.25, 0.3) is 0 Å². The number of rotatable bonds is 1. The average molecular weight is 273 g/mol. The number of benzene rings is 1. The van der Waals surface area contributed by atoms with Crippen LogP contribution in [0.4, 0.5) is 5.69 Å². The van der Waals surface area contributed by atoms with E-state index in [1.165, 1.54) is 0 Å². The van der Waals surface area contributed by atoms with Crippen LogP contribution < -0.4 is 4.90 Å². The predicted octanol–water partition coefficient (Wildman–Crippen LogP) is 2.03. The molecule has 0 unspecified atom stereocenters. The lowest BCUT2D eigenvalue weighted by Crippen LogP contribution is -2.43. The molecule has 0 atom stereocenters. The van der Waals surface area contributed by atoms with E-state index in [0.717, 1.165) is 15.8 Å². The number of para-hydroxylation sites is 1. The molecule has 12 heavy (non-hydrogen) atoms. The Hall–Kier alpha value is -0.580. The molecule has 1 aromatic rings. The lowest BCUT2D eigenvalue weighted by Gasteiger charge is -2.31. The van der Waals surface area contributed by atoms with E-state index in [-0.39, 0.29) is 5.91 Å². The van der Waals surface area contributed by atoms with Crippen LogP contribution in [0.2, 0.25) is 0 Å². The molecule has 1 amide bonds. The molecule has 2 rings (SSSR count). The zero-order chi connectivity index (χ0) is 8.55. The lowest BCUT2D eigenvalue weighted by molar-refractivity contribution is -0.122. The Labute approximate surface area is 84.7 Å². The van der Waals surface area contributed by atoms with Crippen molar-refractivity contribution in [2.75, 3.05) is 11.4 Å². The van der Waals surface area contributed by atoms with Crippen molar-refractivity contribution >= 4 is 34.2 Å². The van der Waals surface area contributed by atoms with E-state index in [4.69, 9.17) is 0 Å². The third-order valence-corrected chi connectivity index (χ3v) is 2.91. The van der Waals surface area contributed by atoms with Gasteiger partial charge >= 0.3 is 0 Å². The molecule has 2 nitrogen and oxygen atoms in total. The zero-order valence-electron chi connectivity index (χ0n) is 6.46. The van der Waals surface area contributed by atoms with Gasteiger partial charge < -0.3 is 4.90 Å². The van der Waals surface area contributed by atoms with E-state index in [9.17, 15) is 4.79 Å². The minimum atomic E-state index is 0.235. The predicted molar refractivity (Wildman–Crippen MR) is 56.1 cm³/mol. The molecule has 1 fully saturated rings. The van der Waals surface area contributed by atoms with Gasteiger partial charge in [0.15, 0.2) is 0 Å². The highest BCUT2D eigenvalue weighted by Crippen LogP contribution is 2.26. The molecular formula is C9H8INO. The molecule has 1 aromatic carbocycles. The van der Waals surface area contributed by atoms with Crippen LogP contribution in [0, 0.1) is 3.57 Å². The molecule has 1 heterocycles. The van der Waals surface area contributed by atoms with Crippen LogP contribution in [0.25, 0.3) is 0 Å². The van der Waals surface area contributed by atoms with Crippen molar-refractivity contribution in [1.29, 1.82) is 0 Å². The molecule has 0 bridgehead atoms. The standard InChI is InChI=1S/C9H8INO/c10-7-3-1-2-4-8(7)11-6-5-9(11)12/h1-4H,5-6H2. The second kappa shape index (κ2) is 3.05. The van der Waals surface area contributed by atoms with Crippen molar-refractivity contribution in [2.45, 2.75) is 6.42 Å². The van der Waals surface area contributed by atoms with Crippen LogP contribution in [0.1, 0.15) is 6.42 Å². The second-order valence-electron chi connectivity index (χ2n) is 2.75. The first-order chi connectivity index (χ1) is 5.79. The van der Waals surface area contributed by atoms with Gasteiger partial charge in [0, 0.05) is 16.5 Å². The van der Waals surface area contributed by atoms with Gasteiger partial charge in [0.2, 0.25) is 5.91 Å². The van der Waals surface area contributed by atoms with Crippen LogP contribution in [0.5, 0.6) is 0 Å². The Morgan fingerprint density at radius 1 is 1.33 bits per heavy atom. The molecule has 0 aromatic heterocycles. The zero-order valence-corrected chi connectivity index (χ0v) is 8.61. The molecule has 3 heteroatoms. The minimum absolute atomic E-state index is 0.235. The number of halogens is 1. The third-order valence-electron chi connectivity index (χ3n) is 1.99. The summed E-state index contributed by atoms with van der Waals surface area (Å²) < 4.78 is 1.14. The Morgan fingerprint density at radius 3 is 2.58 bits per heavy atom. The summed E-state index contributed by atoms with van der Waals surface area (Å²) >= 11 is 2.25. The number of anilines is 1. The highest BCUT2D eigenvalue weighted by molar-refractivity contribution is 14.1. The summed E-state index contributed by atoms with van der Waals surface area (Å²) in [4.78, 5) is 12.9. The summed E-state index contributed by atoms with van der Waals surface area (Å²) in [6.45, 7) is 0.874. The van der Waals surface area contributed by atoms with Gasteiger partial charge in [-0.3, -0.25) is 4.79 Å². The number of hydrogen-bond donors (Lipinski definition) is 0. The summed E-state index contributed by atoms with van der Waals surface area (Å²) in [6.07, 6.45) is 0.699. The van der Waals surface area contributed by atoms with E-state index in [1.807, 2.05) is 29.2 Å². The quantitative estimate of drug-likeness (QED) is 0.566. The number of carbonyl (C=O) groups is 1. The molecule has 1 aliphatic heterocycles. The van der Waals surface area contributed by atoms with E-state index >= 15 is 0 Å². The molecule has 1 aliphatic rings. The summed E-state index contributed by atoms with van der Waals surface area (Å²) in [5, 5.41) is 0. The van der Waals surface area contributed by atoms with Crippen LogP contribution in [-0.4, -0.2) is 12.5 Å². The van der Waals surface area contributed by atoms with Gasteiger partial charge in [0.05, 0.1) is 5.69 Å². The van der Waals surface area contributed by atoms with Crippen molar-refractivity contribution in [2.24, 2.45) is 0 Å². The van der Waals surface area contributed by atoms with Crippen molar-refractivity contribution < 1.29 is 4.79 Å². The highest BCUT2D eigenvalue weighted by Gasteiger charge is 2.26. The number of carbonyl (C=O) groups excluding carboxylic acids is 1. The Bertz CT molecular complexity index is 324. The van der Waals surface area contributed by atoms with E-state index in [2.05, 4.69) is 22.6 Å². The fraction of sp³-hybridized carbons (Fsp3) is 0.222. The maximum absolute atomic E-state index is 11.1. The first-order valence-corrected chi connectivity index (χ1v) is 4.92. The van der Waals surface area contributed by atoms with Crippen molar-refractivity contribution in [1.82, 2.24) is 0 Å². The fourth-order valence-electron chi connectivity index (χ4n) is 1.24. The van der Waals surface area contributed by atoms with Crippen LogP contribution >= 0.6 is 22.6 Å². The van der Waals surface area contributed by atoms with Gasteiger partial charge in [-0.15, -0.1) is 0 Å². The molecule has 0 spiro atoms. The van der Waals surface area contributed by atoms with Crippen LogP contribution in [0.15, 0.2) is 24.3 Å². The molecule has 0 N–H and O–H groups in total. The first-order valence-electron chi connectivity index (χ1n) is 3.84. The second-order valence-corrected chi connectivity index (χ2v) is 3.91. The molecule has 62 valence electrons. The number of nitrogens with zero attached hydrogens (tertiary/aromatic N) is 1. The fourth-order valence-corrected chi connectivity index (χ4v) is 1.92. The normalized spacial score (nSPS) is 16.1. The van der Waals surface area contributed by atoms with E-state index in [0.29, 0.717) is 6.42 Å². The molecule has 1 saturated heterocycles. The summed E-state index contributed by atoms with van der Waals surface area (Å²) in [5.41, 5.74) is 1.05. The van der Waals surface area contributed by atoms with Crippen LogP contribution in [-0.2, 0) is 4.79 Å². The summed E-state index contributed by atoms with van der Waals surface area (Å²) in [6, 6.07) is 7.94. The third kappa shape index (κ3) is 1.22. The topological polar surface area (TPSA) is 20.3 Å². The largest absolute Gasteiger partial charge is 0.311 e. The summed E-state index contributed by atoms with van der Waals surface area (Å²) in [5.74, 6) is 0.235. The van der Waals surface area contributed by atoms with Gasteiger partial charge in [-0.25, -0.2) is 0 Å². The van der Waals surface area contributed by atoms with Gasteiger partial charge in [-0.1, -0.05) is 12.1 Å². The van der Waals surface area contributed by atoms with E-state index in [1.54, 1.807) is 0 Å². The first kappa shape index (κ1) is 8.04. The maximum Gasteiger partial charge on any atom is 0.228 e. The Balaban J connectivity index is 2.33. The van der Waals surface area contributed by atoms with E-state index < -0.39 is 0 Å². The maximum atomic E-state index is 11.1. The molecule has 0 radical (unpaired) electrons. The minimum Gasteiger partial charge on any atom is -0.311 e. The van der Waals surface area contributed by atoms with Crippen molar-refractivity contribution in [3.63, 3.8) is 0 Å². The Kier molecular flexibility index (Phi) is 2.04. The molecule has 0 saturated carbocycles. The van der Waals surface area contributed by atoms with Crippen molar-refractivity contribution in [3.8, 4) is 0 Å². The summed E-state index contributed by atoms with van der Waals surface area (Å²) in [7, 11) is 0. The number of amides is 1. The van der Waals surface area contributed by atoms with Gasteiger partial charge in [-0.2, -0.15) is 0 Å². The highest BCUT2D eigenvalue weighted by atomic mass is 127. The Morgan fingerprint density at radius 2 is 2.08 bits per heavy atom. The monoisotopic (exact) mass is 273 g/mol. The molecule has 0 aliphatic carbocycles. The number of β-lactam (4-membered cyclic amide) rings is 1. The van der Waals surface area contributed by atoms with Gasteiger partial charge in [-0.05, 0) is 34.7 Å². The average Bonchev–Trinajstić information content (AvgIpc) is 2.06. The molecular weight excluding hydrogens is 265 g/mol. The van der Waals surface area contributed by atoms with Crippen molar-refractivity contribution in [3.05, 3.63) is 27.8 Å². The number of hydrogen-bond acceptors (Lipinski definition) is 1. The smallest absolute Gasteiger partial charge is 0.228 e. The van der Waals surface area contributed by atoms with Gasteiger partial charge in [0.1, 0.15) is 0 Å². The lowest BCUT2D eigenvalue weighted by atomic mass is 10.1.